The monoisotopic (exact) mass is 138 g/mol. The van der Waals surface area contributed by atoms with Crippen molar-refractivity contribution in [2.24, 2.45) is 17.8 Å². The first-order valence-electron chi connectivity index (χ1n) is 4.33. The first-order valence-corrected chi connectivity index (χ1v) is 4.33. The third-order valence-electron chi connectivity index (χ3n) is 2.98. The van der Waals surface area contributed by atoms with E-state index in [4.69, 9.17) is 0 Å². The number of carbonyl (C=O) groups excluding carboxylic acids is 1. The smallest absolute Gasteiger partial charge is 0.139 e. The molecule has 0 aromatic heterocycles. The van der Waals surface area contributed by atoms with Gasteiger partial charge in [0, 0.05) is 11.8 Å². The second-order valence-corrected chi connectivity index (χ2v) is 3.85. The molecule has 2 aliphatic rings. The molecule has 2 saturated carbocycles. The van der Waals surface area contributed by atoms with E-state index in [1.54, 1.807) is 0 Å². The highest BCUT2D eigenvalue weighted by Crippen LogP contribution is 2.43. The minimum Gasteiger partial charge on any atom is -0.299 e. The summed E-state index contributed by atoms with van der Waals surface area (Å²) in [7, 11) is 0. The van der Waals surface area contributed by atoms with Gasteiger partial charge in [0.1, 0.15) is 5.78 Å². The molecule has 0 saturated heterocycles. The molecule has 0 heterocycles. The van der Waals surface area contributed by atoms with Crippen molar-refractivity contribution in [3.8, 4) is 0 Å². The Morgan fingerprint density at radius 1 is 1.40 bits per heavy atom. The number of Topliss-reactive ketones (excluding diaryl/α,β-unsaturated/α-hetero) is 1. The lowest BCUT2D eigenvalue weighted by atomic mass is 9.80. The highest BCUT2D eigenvalue weighted by molar-refractivity contribution is 5.86. The van der Waals surface area contributed by atoms with E-state index in [0.29, 0.717) is 23.5 Å². The summed E-state index contributed by atoms with van der Waals surface area (Å²) in [4.78, 5) is 11.4. The minimum atomic E-state index is 0.477. The molecule has 1 nitrogen and oxygen atoms in total. The second kappa shape index (κ2) is 2.08. The van der Waals surface area contributed by atoms with E-state index in [1.807, 2.05) is 0 Å². The van der Waals surface area contributed by atoms with Crippen LogP contribution in [0.25, 0.3) is 0 Å². The highest BCUT2D eigenvalue weighted by Gasteiger charge is 2.43. The Morgan fingerprint density at radius 2 is 2.00 bits per heavy atom. The third-order valence-corrected chi connectivity index (χ3v) is 2.98. The van der Waals surface area contributed by atoms with E-state index >= 15 is 0 Å². The maximum Gasteiger partial charge on any atom is 0.139 e. The summed E-state index contributed by atoms with van der Waals surface area (Å²) in [6.45, 7) is 2.18. The molecule has 0 radical (unpaired) electrons. The molecule has 1 heteroatoms. The van der Waals surface area contributed by atoms with Crippen LogP contribution in [0.2, 0.25) is 0 Å². The second-order valence-electron chi connectivity index (χ2n) is 3.85. The lowest BCUT2D eigenvalue weighted by Crippen LogP contribution is -2.23. The Hall–Kier alpha value is -0.330. The normalized spacial score (nSPS) is 38.9. The largest absolute Gasteiger partial charge is 0.299 e. The van der Waals surface area contributed by atoms with Gasteiger partial charge >= 0.3 is 0 Å². The topological polar surface area (TPSA) is 17.1 Å². The predicted molar refractivity (Wildman–Crippen MR) is 39.6 cm³/mol. The fraction of sp³-hybridized carbons (Fsp3) is 0.889. The van der Waals surface area contributed by atoms with Crippen molar-refractivity contribution in [3.05, 3.63) is 0 Å². The average Bonchev–Trinajstić information content (AvgIpc) is 2.41. The van der Waals surface area contributed by atoms with E-state index in [1.165, 1.54) is 25.7 Å². The average molecular weight is 138 g/mol. The maximum atomic E-state index is 11.4. The van der Waals surface area contributed by atoms with Gasteiger partial charge in [-0.1, -0.05) is 13.3 Å². The number of hydrogen-bond donors (Lipinski definition) is 0. The highest BCUT2D eigenvalue weighted by atomic mass is 16.1. The molecule has 0 spiro atoms. The molecule has 0 aliphatic heterocycles. The summed E-state index contributed by atoms with van der Waals surface area (Å²) in [6.07, 6.45) is 4.83. The summed E-state index contributed by atoms with van der Waals surface area (Å²) < 4.78 is 0. The van der Waals surface area contributed by atoms with Crippen molar-refractivity contribution in [2.45, 2.75) is 32.6 Å². The molecule has 2 fully saturated rings. The van der Waals surface area contributed by atoms with Crippen LogP contribution in [0.1, 0.15) is 32.6 Å². The SMILES string of the molecule is CC1CC1C(=O)C1CCC1. The van der Waals surface area contributed by atoms with Crippen LogP contribution in [0.5, 0.6) is 0 Å². The fourth-order valence-electron chi connectivity index (χ4n) is 1.71. The predicted octanol–water partition coefficient (Wildman–Crippen LogP) is 2.01. The Bertz CT molecular complexity index is 151. The zero-order chi connectivity index (χ0) is 7.14. The van der Waals surface area contributed by atoms with Gasteiger partial charge in [-0.2, -0.15) is 0 Å². The van der Waals surface area contributed by atoms with Crippen LogP contribution in [-0.4, -0.2) is 5.78 Å². The summed E-state index contributed by atoms with van der Waals surface area (Å²) in [6, 6.07) is 0. The Labute approximate surface area is 61.8 Å². The molecule has 2 aliphatic carbocycles. The summed E-state index contributed by atoms with van der Waals surface area (Å²) >= 11 is 0. The van der Waals surface area contributed by atoms with Gasteiger partial charge in [-0.3, -0.25) is 4.79 Å². The van der Waals surface area contributed by atoms with Gasteiger partial charge in [-0.15, -0.1) is 0 Å². The van der Waals surface area contributed by atoms with Crippen LogP contribution in [0.4, 0.5) is 0 Å². The van der Waals surface area contributed by atoms with Crippen LogP contribution >= 0.6 is 0 Å². The van der Waals surface area contributed by atoms with Crippen molar-refractivity contribution in [3.63, 3.8) is 0 Å². The first-order chi connectivity index (χ1) is 4.79. The molecule has 0 bridgehead atoms. The van der Waals surface area contributed by atoms with Crippen LogP contribution in [-0.2, 0) is 4.79 Å². The van der Waals surface area contributed by atoms with Gasteiger partial charge in [0.05, 0.1) is 0 Å². The molecule has 2 rings (SSSR count). The van der Waals surface area contributed by atoms with E-state index in [9.17, 15) is 4.79 Å². The fourth-order valence-corrected chi connectivity index (χ4v) is 1.71. The van der Waals surface area contributed by atoms with Gasteiger partial charge in [0.2, 0.25) is 0 Å². The van der Waals surface area contributed by atoms with Gasteiger partial charge in [0.15, 0.2) is 0 Å². The molecule has 2 unspecified atom stereocenters. The van der Waals surface area contributed by atoms with E-state index in [2.05, 4.69) is 6.92 Å². The van der Waals surface area contributed by atoms with Gasteiger partial charge < -0.3 is 0 Å². The van der Waals surface area contributed by atoms with E-state index < -0.39 is 0 Å². The van der Waals surface area contributed by atoms with E-state index in [0.717, 1.165) is 0 Å². The molecule has 2 atom stereocenters. The molecule has 0 amide bonds. The number of hydrogen-bond acceptors (Lipinski definition) is 1. The molecule has 0 N–H and O–H groups in total. The molecular formula is C9H14O. The van der Waals surface area contributed by atoms with E-state index in [-0.39, 0.29) is 0 Å². The van der Waals surface area contributed by atoms with Crippen molar-refractivity contribution in [1.29, 1.82) is 0 Å². The van der Waals surface area contributed by atoms with Gasteiger partial charge in [-0.05, 0) is 25.2 Å². The molecular weight excluding hydrogens is 124 g/mol. The Kier molecular flexibility index (Phi) is 1.33. The molecule has 10 heavy (non-hydrogen) atoms. The molecule has 0 aromatic carbocycles. The van der Waals surface area contributed by atoms with Crippen molar-refractivity contribution in [2.75, 3.05) is 0 Å². The Balaban J connectivity index is 1.87. The lowest BCUT2D eigenvalue weighted by molar-refractivity contribution is -0.126. The van der Waals surface area contributed by atoms with Crippen molar-refractivity contribution >= 4 is 5.78 Å². The first kappa shape index (κ1) is 6.38. The van der Waals surface area contributed by atoms with Crippen molar-refractivity contribution in [1.82, 2.24) is 0 Å². The zero-order valence-corrected chi connectivity index (χ0v) is 6.47. The van der Waals surface area contributed by atoms with Crippen LogP contribution < -0.4 is 0 Å². The van der Waals surface area contributed by atoms with Crippen molar-refractivity contribution < 1.29 is 4.79 Å². The number of rotatable bonds is 2. The molecule has 0 aromatic rings. The third kappa shape index (κ3) is 0.882. The standard InChI is InChI=1S/C9H14O/c1-6-5-8(6)9(10)7-3-2-4-7/h6-8H,2-5H2,1H3. The zero-order valence-electron chi connectivity index (χ0n) is 6.47. The van der Waals surface area contributed by atoms with Crippen LogP contribution in [0, 0.1) is 17.8 Å². The summed E-state index contributed by atoms with van der Waals surface area (Å²) in [5.74, 6) is 2.26. The quantitative estimate of drug-likeness (QED) is 0.570. The number of carbonyl (C=O) groups is 1. The molecule has 56 valence electrons. The lowest BCUT2D eigenvalue weighted by Gasteiger charge is -2.23. The minimum absolute atomic E-state index is 0.477. The summed E-state index contributed by atoms with van der Waals surface area (Å²) in [5.41, 5.74) is 0. The van der Waals surface area contributed by atoms with Crippen LogP contribution in [0.3, 0.4) is 0 Å². The summed E-state index contributed by atoms with van der Waals surface area (Å²) in [5, 5.41) is 0. The van der Waals surface area contributed by atoms with Gasteiger partial charge in [-0.25, -0.2) is 0 Å². The number of ketones is 1. The Morgan fingerprint density at radius 3 is 2.30 bits per heavy atom. The van der Waals surface area contributed by atoms with Crippen LogP contribution in [0.15, 0.2) is 0 Å². The maximum absolute atomic E-state index is 11.4. The van der Waals surface area contributed by atoms with Gasteiger partial charge in [0.25, 0.3) is 0 Å².